The first kappa shape index (κ1) is 10.5. The lowest BCUT2D eigenvalue weighted by Gasteiger charge is -2.39. The first-order valence-corrected chi connectivity index (χ1v) is 4.67. The topological polar surface area (TPSA) is 43.8 Å². The van der Waals surface area contributed by atoms with Crippen molar-refractivity contribution >= 4 is 5.97 Å². The van der Waals surface area contributed by atoms with Crippen LogP contribution in [0.15, 0.2) is 0 Å². The molecule has 76 valence electrons. The molecule has 1 aliphatic heterocycles. The van der Waals surface area contributed by atoms with E-state index in [4.69, 9.17) is 5.11 Å². The van der Waals surface area contributed by atoms with Gasteiger partial charge in [0.15, 0.2) is 0 Å². The molecule has 1 N–H and O–H groups in total. The lowest BCUT2D eigenvalue weighted by atomic mass is 9.96. The van der Waals surface area contributed by atoms with Gasteiger partial charge < -0.3 is 14.9 Å². The minimum atomic E-state index is -0.669. The molecular weight excluding hydrogens is 168 g/mol. The van der Waals surface area contributed by atoms with Crippen LogP contribution in [-0.4, -0.2) is 61.2 Å². The maximum Gasteiger partial charge on any atom is 0.303 e. The number of carboxylic acid groups (broad SMARTS) is 1. The molecule has 0 aliphatic carbocycles. The third kappa shape index (κ3) is 3.74. The summed E-state index contributed by atoms with van der Waals surface area (Å²) in [4.78, 5) is 14.8. The van der Waals surface area contributed by atoms with Crippen LogP contribution in [0.4, 0.5) is 0 Å². The number of carboxylic acids is 1. The molecule has 1 heterocycles. The highest BCUT2D eigenvalue weighted by Crippen LogP contribution is 2.17. The quantitative estimate of drug-likeness (QED) is 0.654. The zero-order chi connectivity index (χ0) is 9.84. The first-order chi connectivity index (χ1) is 6.08. The Bertz CT molecular complexity index is 176. The Kier molecular flexibility index (Phi) is 3.69. The van der Waals surface area contributed by atoms with E-state index in [1.54, 1.807) is 0 Å². The first-order valence-electron chi connectivity index (χ1n) is 4.67. The van der Waals surface area contributed by atoms with E-state index in [1.807, 2.05) is 0 Å². The second-order valence-electron chi connectivity index (χ2n) is 4.03. The number of aliphatic carboxylic acids is 1. The summed E-state index contributed by atoms with van der Waals surface area (Å²) in [5, 5.41) is 8.53. The molecule has 13 heavy (non-hydrogen) atoms. The second-order valence-corrected chi connectivity index (χ2v) is 4.03. The molecule has 4 nitrogen and oxygen atoms in total. The lowest BCUT2D eigenvalue weighted by Crippen LogP contribution is -2.49. The summed E-state index contributed by atoms with van der Waals surface area (Å²) >= 11 is 0. The number of hydrogen-bond donors (Lipinski definition) is 1. The van der Waals surface area contributed by atoms with Gasteiger partial charge in [0.05, 0.1) is 6.42 Å². The molecule has 1 fully saturated rings. The van der Waals surface area contributed by atoms with Gasteiger partial charge in [-0.05, 0) is 20.0 Å². The minimum absolute atomic E-state index is 0.332. The largest absolute Gasteiger partial charge is 0.481 e. The Hall–Kier alpha value is -0.610. The van der Waals surface area contributed by atoms with E-state index in [0.717, 1.165) is 26.2 Å². The van der Waals surface area contributed by atoms with Gasteiger partial charge in [-0.2, -0.15) is 0 Å². The van der Waals surface area contributed by atoms with Crippen molar-refractivity contribution in [2.24, 2.45) is 5.92 Å². The zero-order valence-electron chi connectivity index (χ0n) is 8.36. The van der Waals surface area contributed by atoms with Crippen molar-refractivity contribution in [3.63, 3.8) is 0 Å². The smallest absolute Gasteiger partial charge is 0.303 e. The van der Waals surface area contributed by atoms with Crippen molar-refractivity contribution in [2.75, 3.05) is 40.3 Å². The van der Waals surface area contributed by atoms with Crippen molar-refractivity contribution in [2.45, 2.75) is 6.42 Å². The normalized spacial score (nSPS) is 19.0. The molecule has 0 amide bonds. The Morgan fingerprint density at radius 1 is 1.54 bits per heavy atom. The Morgan fingerprint density at radius 3 is 2.62 bits per heavy atom. The summed E-state index contributed by atoms with van der Waals surface area (Å²) in [6.45, 7) is 4.03. The van der Waals surface area contributed by atoms with Crippen molar-refractivity contribution < 1.29 is 9.90 Å². The van der Waals surface area contributed by atoms with Crippen LogP contribution in [0.5, 0.6) is 0 Å². The van der Waals surface area contributed by atoms with E-state index in [-0.39, 0.29) is 0 Å². The van der Waals surface area contributed by atoms with Gasteiger partial charge in [-0.15, -0.1) is 0 Å². The van der Waals surface area contributed by atoms with E-state index in [2.05, 4.69) is 23.9 Å². The van der Waals surface area contributed by atoms with Gasteiger partial charge in [0.1, 0.15) is 0 Å². The average Bonchev–Trinajstić information content (AvgIpc) is 1.92. The van der Waals surface area contributed by atoms with Gasteiger partial charge in [0.25, 0.3) is 0 Å². The van der Waals surface area contributed by atoms with E-state index in [9.17, 15) is 4.79 Å². The summed E-state index contributed by atoms with van der Waals surface area (Å²) in [7, 11) is 4.10. The summed E-state index contributed by atoms with van der Waals surface area (Å²) in [6.07, 6.45) is 0.332. The number of nitrogens with zero attached hydrogens (tertiary/aromatic N) is 2. The predicted octanol–water partition coefficient (Wildman–Crippen LogP) is -0.0455. The SMILES string of the molecule is CN(C)CCN1CC(CC(=O)O)C1. The van der Waals surface area contributed by atoms with Crippen LogP contribution in [-0.2, 0) is 4.79 Å². The molecule has 0 aromatic rings. The molecule has 1 rings (SSSR count). The van der Waals surface area contributed by atoms with E-state index < -0.39 is 5.97 Å². The third-order valence-electron chi connectivity index (χ3n) is 2.36. The van der Waals surface area contributed by atoms with Gasteiger partial charge in [-0.3, -0.25) is 4.79 Å². The standard InChI is InChI=1S/C9H18N2O2/c1-10(2)3-4-11-6-8(7-11)5-9(12)13/h8H,3-7H2,1-2H3,(H,12,13). The van der Waals surface area contributed by atoms with Gasteiger partial charge in [0, 0.05) is 26.2 Å². The molecule has 1 aliphatic rings. The van der Waals surface area contributed by atoms with Crippen molar-refractivity contribution in [1.29, 1.82) is 0 Å². The highest BCUT2D eigenvalue weighted by Gasteiger charge is 2.27. The van der Waals surface area contributed by atoms with Crippen LogP contribution < -0.4 is 0 Å². The Balaban J connectivity index is 2.02. The van der Waals surface area contributed by atoms with Gasteiger partial charge in [-0.25, -0.2) is 0 Å². The molecule has 0 aromatic carbocycles. The zero-order valence-corrected chi connectivity index (χ0v) is 8.36. The predicted molar refractivity (Wildman–Crippen MR) is 50.7 cm³/mol. The molecule has 0 aromatic heterocycles. The number of rotatable bonds is 5. The number of hydrogen-bond acceptors (Lipinski definition) is 3. The molecule has 0 saturated carbocycles. The van der Waals surface area contributed by atoms with E-state index >= 15 is 0 Å². The highest BCUT2D eigenvalue weighted by atomic mass is 16.4. The van der Waals surface area contributed by atoms with Crippen molar-refractivity contribution in [1.82, 2.24) is 9.80 Å². The molecular formula is C9H18N2O2. The van der Waals surface area contributed by atoms with Crippen LogP contribution in [0.3, 0.4) is 0 Å². The highest BCUT2D eigenvalue weighted by molar-refractivity contribution is 5.67. The number of likely N-dealkylation sites (tertiary alicyclic amines) is 1. The fourth-order valence-electron chi connectivity index (χ4n) is 1.58. The third-order valence-corrected chi connectivity index (χ3v) is 2.36. The van der Waals surface area contributed by atoms with Crippen molar-refractivity contribution in [3.8, 4) is 0 Å². The lowest BCUT2D eigenvalue weighted by molar-refractivity contribution is -0.139. The molecule has 0 unspecified atom stereocenters. The Morgan fingerprint density at radius 2 is 2.15 bits per heavy atom. The fraction of sp³-hybridized carbons (Fsp3) is 0.889. The van der Waals surface area contributed by atoms with Crippen LogP contribution in [0, 0.1) is 5.92 Å². The average molecular weight is 186 g/mol. The van der Waals surface area contributed by atoms with Gasteiger partial charge >= 0.3 is 5.97 Å². The summed E-state index contributed by atoms with van der Waals surface area (Å²) in [5.74, 6) is -0.281. The minimum Gasteiger partial charge on any atom is -0.481 e. The van der Waals surface area contributed by atoms with Crippen LogP contribution in [0.1, 0.15) is 6.42 Å². The summed E-state index contributed by atoms with van der Waals surface area (Å²) in [5.41, 5.74) is 0. The Labute approximate surface area is 79.1 Å². The number of carbonyl (C=O) groups is 1. The molecule has 0 atom stereocenters. The molecule has 0 radical (unpaired) electrons. The summed E-state index contributed by atoms with van der Waals surface area (Å²) in [6, 6.07) is 0. The molecule has 0 bridgehead atoms. The maximum absolute atomic E-state index is 10.3. The maximum atomic E-state index is 10.3. The van der Waals surface area contributed by atoms with Crippen LogP contribution in [0.25, 0.3) is 0 Å². The molecule has 4 heteroatoms. The van der Waals surface area contributed by atoms with Crippen LogP contribution in [0.2, 0.25) is 0 Å². The van der Waals surface area contributed by atoms with E-state index in [1.165, 1.54) is 0 Å². The van der Waals surface area contributed by atoms with Gasteiger partial charge in [0.2, 0.25) is 0 Å². The van der Waals surface area contributed by atoms with Crippen molar-refractivity contribution in [3.05, 3.63) is 0 Å². The second kappa shape index (κ2) is 4.58. The molecule has 0 spiro atoms. The fourth-order valence-corrected chi connectivity index (χ4v) is 1.58. The van der Waals surface area contributed by atoms with Gasteiger partial charge in [-0.1, -0.05) is 0 Å². The summed E-state index contributed by atoms with van der Waals surface area (Å²) < 4.78 is 0. The number of likely N-dealkylation sites (N-methyl/N-ethyl adjacent to an activating group) is 1. The molecule has 1 saturated heterocycles. The van der Waals surface area contributed by atoms with Crippen LogP contribution >= 0.6 is 0 Å². The monoisotopic (exact) mass is 186 g/mol. The van der Waals surface area contributed by atoms with E-state index in [0.29, 0.717) is 12.3 Å².